The van der Waals surface area contributed by atoms with E-state index in [0.717, 1.165) is 17.0 Å². The number of hydrogen-bond donors (Lipinski definition) is 0. The molecule has 0 unspecified atom stereocenters. The van der Waals surface area contributed by atoms with Crippen molar-refractivity contribution in [1.82, 2.24) is 9.66 Å². The Labute approximate surface area is 128 Å². The predicted molar refractivity (Wildman–Crippen MR) is 82.2 cm³/mol. The molecule has 0 saturated heterocycles. The van der Waals surface area contributed by atoms with Crippen LogP contribution in [-0.4, -0.2) is 28.1 Å². The zero-order valence-corrected chi connectivity index (χ0v) is 13.0. The third-order valence-electron chi connectivity index (χ3n) is 4.07. The largest absolute Gasteiger partial charge is 0.289 e. The lowest BCUT2D eigenvalue weighted by Crippen LogP contribution is -2.51. The van der Waals surface area contributed by atoms with E-state index in [1.165, 1.54) is 6.20 Å². The van der Waals surface area contributed by atoms with Crippen molar-refractivity contribution in [3.05, 3.63) is 53.1 Å². The van der Waals surface area contributed by atoms with Crippen LogP contribution in [0.25, 0.3) is 0 Å². The first kappa shape index (κ1) is 14.7. The molecule has 0 N–H and O–H groups in total. The molecule has 0 spiro atoms. The molecule has 2 aromatic rings. The van der Waals surface area contributed by atoms with Gasteiger partial charge in [0.1, 0.15) is 11.4 Å². The summed E-state index contributed by atoms with van der Waals surface area (Å²) < 4.78 is 27.7. The van der Waals surface area contributed by atoms with Crippen molar-refractivity contribution in [3.63, 3.8) is 0 Å². The zero-order valence-electron chi connectivity index (χ0n) is 13.0. The summed E-state index contributed by atoms with van der Waals surface area (Å²) in [6.07, 6.45) is 0.875. The average molecular weight is 304 g/mol. The fourth-order valence-electron chi connectivity index (χ4n) is 2.64. The Morgan fingerprint density at radius 3 is 2.64 bits per heavy atom. The van der Waals surface area contributed by atoms with E-state index in [1.54, 1.807) is 13.0 Å². The van der Waals surface area contributed by atoms with Crippen molar-refractivity contribution in [2.45, 2.75) is 32.9 Å². The molecule has 6 heteroatoms. The first-order valence-electron chi connectivity index (χ1n) is 7.08. The number of pyridine rings is 1. The van der Waals surface area contributed by atoms with Crippen LogP contribution in [0.4, 0.5) is 8.78 Å². The minimum atomic E-state index is -2.56. The van der Waals surface area contributed by atoms with Gasteiger partial charge in [-0.1, -0.05) is 0 Å². The van der Waals surface area contributed by atoms with Crippen LogP contribution in [0.3, 0.4) is 0 Å². The number of fused-ring (bicyclic) bond motifs is 1. The quantitative estimate of drug-likeness (QED) is 0.853. The second kappa shape index (κ2) is 4.90. The van der Waals surface area contributed by atoms with Gasteiger partial charge in [0.05, 0.1) is 11.4 Å². The molecule has 3 heterocycles. The first-order chi connectivity index (χ1) is 10.3. The smallest absolute Gasteiger partial charge is 0.280 e. The van der Waals surface area contributed by atoms with Crippen molar-refractivity contribution in [3.8, 4) is 0 Å². The van der Waals surface area contributed by atoms with Crippen LogP contribution in [0.5, 0.6) is 0 Å². The molecular formula is C16H18F2N4. The highest BCUT2D eigenvalue weighted by Gasteiger charge is 2.31. The van der Waals surface area contributed by atoms with Crippen LogP contribution in [0.1, 0.15) is 42.8 Å². The summed E-state index contributed by atoms with van der Waals surface area (Å²) in [7, 11) is 1.97. The van der Waals surface area contributed by atoms with Gasteiger partial charge in [0, 0.05) is 25.0 Å². The van der Waals surface area contributed by atoms with E-state index in [9.17, 15) is 8.78 Å². The minimum Gasteiger partial charge on any atom is -0.289 e. The van der Waals surface area contributed by atoms with E-state index >= 15 is 0 Å². The van der Waals surface area contributed by atoms with Crippen LogP contribution < -0.4 is 5.01 Å². The monoisotopic (exact) mass is 304 g/mol. The minimum absolute atomic E-state index is 0.174. The summed E-state index contributed by atoms with van der Waals surface area (Å²) >= 11 is 0. The Hall–Kier alpha value is -2.24. The van der Waals surface area contributed by atoms with E-state index in [1.807, 2.05) is 48.9 Å². The van der Waals surface area contributed by atoms with Gasteiger partial charge in [0.25, 0.3) is 6.43 Å². The number of rotatable bonds is 2. The highest BCUT2D eigenvalue weighted by molar-refractivity contribution is 6.12. The Morgan fingerprint density at radius 2 is 2.00 bits per heavy atom. The number of aryl methyl sites for hydroxylation is 1. The Morgan fingerprint density at radius 1 is 1.27 bits per heavy atom. The summed E-state index contributed by atoms with van der Waals surface area (Å²) in [6, 6.07) is 5.63. The number of aliphatic imine (C=N–C) groups is 1. The summed E-state index contributed by atoms with van der Waals surface area (Å²) in [5.41, 5.74) is 2.31. The maximum Gasteiger partial charge on any atom is 0.280 e. The van der Waals surface area contributed by atoms with Crippen LogP contribution in [0.15, 0.2) is 35.6 Å². The third-order valence-corrected chi connectivity index (χ3v) is 4.07. The lowest BCUT2D eigenvalue weighted by Gasteiger charge is -2.40. The molecular weight excluding hydrogens is 286 g/mol. The average Bonchev–Trinajstić information content (AvgIpc) is 2.92. The molecule has 1 aliphatic heterocycles. The topological polar surface area (TPSA) is 33.4 Å². The molecule has 0 fully saturated rings. The van der Waals surface area contributed by atoms with Crippen LogP contribution >= 0.6 is 0 Å². The van der Waals surface area contributed by atoms with Gasteiger partial charge in [-0.3, -0.25) is 19.7 Å². The van der Waals surface area contributed by atoms with Crippen molar-refractivity contribution >= 4 is 5.71 Å². The van der Waals surface area contributed by atoms with E-state index in [4.69, 9.17) is 4.99 Å². The van der Waals surface area contributed by atoms with Crippen molar-refractivity contribution in [2.24, 2.45) is 4.99 Å². The fourth-order valence-corrected chi connectivity index (χ4v) is 2.64. The fraction of sp³-hybridized carbons (Fsp3) is 0.375. The second-order valence-corrected chi connectivity index (χ2v) is 5.94. The van der Waals surface area contributed by atoms with Gasteiger partial charge in [-0.2, -0.15) is 0 Å². The molecule has 4 nitrogen and oxygen atoms in total. The molecule has 0 radical (unpaired) electrons. The van der Waals surface area contributed by atoms with E-state index in [-0.39, 0.29) is 5.69 Å². The summed E-state index contributed by atoms with van der Waals surface area (Å²) in [4.78, 5) is 8.71. The maximum atomic E-state index is 12.9. The molecule has 2 aromatic heterocycles. The highest BCUT2D eigenvalue weighted by Crippen LogP contribution is 2.27. The van der Waals surface area contributed by atoms with E-state index in [0.29, 0.717) is 5.56 Å². The van der Waals surface area contributed by atoms with E-state index < -0.39 is 12.1 Å². The number of halogens is 2. The maximum absolute atomic E-state index is 12.9. The summed E-state index contributed by atoms with van der Waals surface area (Å²) in [6.45, 7) is 5.66. The Bertz CT molecular complexity index is 746. The van der Waals surface area contributed by atoms with Gasteiger partial charge in [-0.25, -0.2) is 8.78 Å². The van der Waals surface area contributed by atoms with Crippen LogP contribution in [-0.2, 0) is 0 Å². The number of alkyl halides is 2. The van der Waals surface area contributed by atoms with Crippen LogP contribution in [0.2, 0.25) is 0 Å². The molecule has 0 bridgehead atoms. The predicted octanol–water partition coefficient (Wildman–Crippen LogP) is 3.28. The Kier molecular flexibility index (Phi) is 3.27. The summed E-state index contributed by atoms with van der Waals surface area (Å²) in [5, 5.41) is 2.03. The van der Waals surface area contributed by atoms with Gasteiger partial charge in [0.2, 0.25) is 0 Å². The number of aromatic nitrogens is 2. The first-order valence-corrected chi connectivity index (χ1v) is 7.08. The molecule has 1 aliphatic rings. The third kappa shape index (κ3) is 2.19. The van der Waals surface area contributed by atoms with Gasteiger partial charge in [-0.05, 0) is 44.5 Å². The van der Waals surface area contributed by atoms with Gasteiger partial charge < -0.3 is 0 Å². The molecule has 3 rings (SSSR count). The van der Waals surface area contributed by atoms with Crippen LogP contribution in [0, 0.1) is 6.92 Å². The van der Waals surface area contributed by atoms with Gasteiger partial charge in [0.15, 0.2) is 0 Å². The Balaban J connectivity index is 2.14. The highest BCUT2D eigenvalue weighted by atomic mass is 19.3. The molecule has 22 heavy (non-hydrogen) atoms. The van der Waals surface area contributed by atoms with Crippen molar-refractivity contribution < 1.29 is 8.78 Å². The van der Waals surface area contributed by atoms with Gasteiger partial charge >= 0.3 is 0 Å². The SMILES string of the molecule is Cc1cc(C2=NC(C)(C)N(C)n3cccc32)cnc1C(F)F. The second-order valence-electron chi connectivity index (χ2n) is 5.94. The number of hydrogen-bond acceptors (Lipinski definition) is 3. The molecule has 0 aromatic carbocycles. The zero-order chi connectivity index (χ0) is 16.1. The van der Waals surface area contributed by atoms with E-state index in [2.05, 4.69) is 4.98 Å². The molecule has 0 amide bonds. The lowest BCUT2D eigenvalue weighted by atomic mass is 10.0. The molecule has 0 atom stereocenters. The summed E-state index contributed by atoms with van der Waals surface area (Å²) in [5.74, 6) is 0. The lowest BCUT2D eigenvalue weighted by molar-refractivity contribution is 0.145. The number of nitrogens with zero attached hydrogens (tertiary/aromatic N) is 4. The molecule has 116 valence electrons. The normalized spacial score (nSPS) is 16.7. The van der Waals surface area contributed by atoms with Crippen molar-refractivity contribution in [2.75, 3.05) is 12.1 Å². The standard InChI is InChI=1S/C16H18F2N4/c1-10-8-11(9-19-13(10)15(17)18)14-12-6-5-7-22(12)21(4)16(2,3)20-14/h5-9,15H,1-4H3. The molecule has 0 aliphatic carbocycles. The van der Waals surface area contributed by atoms with Crippen molar-refractivity contribution in [1.29, 1.82) is 0 Å². The van der Waals surface area contributed by atoms with Gasteiger partial charge in [-0.15, -0.1) is 0 Å². The molecule has 0 saturated carbocycles.